The van der Waals surface area contributed by atoms with E-state index in [0.717, 1.165) is 17.1 Å². The molecule has 0 aliphatic heterocycles. The maximum Gasteiger partial charge on any atom is 0.313 e. The fourth-order valence-corrected chi connectivity index (χ4v) is 2.79. The summed E-state index contributed by atoms with van der Waals surface area (Å²) < 4.78 is 12.1. The van der Waals surface area contributed by atoms with Crippen molar-refractivity contribution in [2.45, 2.75) is 52.6 Å². The van der Waals surface area contributed by atoms with Crippen LogP contribution in [0.15, 0.2) is 30.3 Å². The Balaban J connectivity index is 2.34. The number of aryl methyl sites for hydroxylation is 2. The Morgan fingerprint density at radius 2 is 1.88 bits per heavy atom. The van der Waals surface area contributed by atoms with Crippen LogP contribution in [0, 0.1) is 13.8 Å². The zero-order valence-corrected chi connectivity index (χ0v) is 16.2. The third-order valence-corrected chi connectivity index (χ3v) is 3.80. The van der Waals surface area contributed by atoms with Crippen LogP contribution in [0.5, 0.6) is 0 Å². The molecule has 0 amide bonds. The molecule has 140 valence electrons. The number of methoxy groups -OCH3 is 1. The van der Waals surface area contributed by atoms with Gasteiger partial charge in [-0.15, -0.1) is 0 Å². The van der Waals surface area contributed by atoms with Crippen molar-refractivity contribution < 1.29 is 19.1 Å². The highest BCUT2D eigenvalue weighted by atomic mass is 16.6. The molecule has 1 aromatic heterocycles. The van der Waals surface area contributed by atoms with Crippen LogP contribution in [0.2, 0.25) is 0 Å². The maximum atomic E-state index is 12.3. The monoisotopic (exact) mass is 358 g/mol. The summed E-state index contributed by atoms with van der Waals surface area (Å²) in [7, 11) is 1.31. The highest BCUT2D eigenvalue weighted by Crippen LogP contribution is 2.25. The van der Waals surface area contributed by atoms with Gasteiger partial charge in [0.05, 0.1) is 30.8 Å². The summed E-state index contributed by atoms with van der Waals surface area (Å²) in [4.78, 5) is 24.5. The molecule has 1 atom stereocenters. The lowest BCUT2D eigenvalue weighted by atomic mass is 9.95. The number of carbonyl (C=O) groups excluding carboxylic acids is 2. The van der Waals surface area contributed by atoms with Gasteiger partial charge in [0.2, 0.25) is 0 Å². The van der Waals surface area contributed by atoms with Gasteiger partial charge in [-0.2, -0.15) is 5.10 Å². The largest absolute Gasteiger partial charge is 0.469 e. The van der Waals surface area contributed by atoms with Crippen molar-refractivity contribution in [3.63, 3.8) is 0 Å². The number of hydrogen-bond acceptors (Lipinski definition) is 5. The summed E-state index contributed by atoms with van der Waals surface area (Å²) in [6.07, 6.45) is -0.0789. The number of carbonyl (C=O) groups is 2. The second kappa shape index (κ2) is 7.72. The molecule has 0 aliphatic rings. The molecule has 1 aromatic carbocycles. The van der Waals surface area contributed by atoms with E-state index in [2.05, 4.69) is 5.10 Å². The highest BCUT2D eigenvalue weighted by molar-refractivity contribution is 5.84. The minimum absolute atomic E-state index is 0.0789. The molecule has 1 heterocycles. The number of benzene rings is 1. The Bertz CT molecular complexity index is 802. The molecule has 1 unspecified atom stereocenters. The molecule has 6 nitrogen and oxygen atoms in total. The van der Waals surface area contributed by atoms with Crippen LogP contribution in [-0.2, 0) is 19.1 Å². The molecule has 0 N–H and O–H groups in total. The van der Waals surface area contributed by atoms with Gasteiger partial charge in [-0.05, 0) is 58.4 Å². The second-order valence-corrected chi connectivity index (χ2v) is 7.30. The van der Waals surface area contributed by atoms with Gasteiger partial charge in [-0.25, -0.2) is 4.68 Å². The van der Waals surface area contributed by atoms with Crippen LogP contribution in [0.25, 0.3) is 5.69 Å². The molecule has 2 aromatic rings. The normalized spacial score (nSPS) is 12.5. The number of nitrogens with zero attached hydrogens (tertiary/aromatic N) is 2. The molecule has 0 spiro atoms. The lowest BCUT2D eigenvalue weighted by Crippen LogP contribution is -2.27. The van der Waals surface area contributed by atoms with Crippen LogP contribution in [0.4, 0.5) is 0 Å². The number of aromatic nitrogens is 2. The predicted molar refractivity (Wildman–Crippen MR) is 98.3 cm³/mol. The van der Waals surface area contributed by atoms with E-state index < -0.39 is 23.5 Å². The third-order valence-electron chi connectivity index (χ3n) is 3.80. The summed E-state index contributed by atoms with van der Waals surface area (Å²) in [5.74, 6) is -1.64. The first-order valence-electron chi connectivity index (χ1n) is 8.54. The Kier molecular flexibility index (Phi) is 5.85. The molecule has 6 heteroatoms. The van der Waals surface area contributed by atoms with E-state index in [-0.39, 0.29) is 6.42 Å². The summed E-state index contributed by atoms with van der Waals surface area (Å²) in [6, 6.07) is 9.38. The van der Waals surface area contributed by atoms with Gasteiger partial charge in [-0.1, -0.05) is 12.1 Å². The van der Waals surface area contributed by atoms with Crippen molar-refractivity contribution in [1.29, 1.82) is 0 Å². The van der Waals surface area contributed by atoms with E-state index in [1.165, 1.54) is 7.11 Å². The lowest BCUT2D eigenvalue weighted by molar-refractivity contribution is -0.158. The molecule has 0 radical (unpaired) electrons. The quantitative estimate of drug-likeness (QED) is 0.765. The minimum Gasteiger partial charge on any atom is -0.469 e. The van der Waals surface area contributed by atoms with Crippen molar-refractivity contribution in [3.05, 3.63) is 47.3 Å². The molecule has 0 saturated heterocycles. The number of hydrogen-bond donors (Lipinski definition) is 0. The first kappa shape index (κ1) is 19.7. The van der Waals surface area contributed by atoms with E-state index in [1.54, 1.807) is 31.5 Å². The molecule has 0 fully saturated rings. The van der Waals surface area contributed by atoms with Crippen LogP contribution in [-0.4, -0.2) is 34.4 Å². The molecule has 0 saturated carbocycles. The summed E-state index contributed by atoms with van der Waals surface area (Å²) >= 11 is 0. The van der Waals surface area contributed by atoms with E-state index in [4.69, 9.17) is 9.47 Å². The summed E-state index contributed by atoms with van der Waals surface area (Å²) in [5, 5.41) is 4.46. The topological polar surface area (TPSA) is 70.4 Å². The zero-order chi connectivity index (χ0) is 19.5. The SMILES string of the molecule is COC(=O)C(CC(=O)OC(C)(C)C)c1cccc(-n2nc(C)cc2C)c1. The second-order valence-electron chi connectivity index (χ2n) is 7.30. The van der Waals surface area contributed by atoms with Crippen LogP contribution in [0.3, 0.4) is 0 Å². The van der Waals surface area contributed by atoms with Crippen molar-refractivity contribution in [2.24, 2.45) is 0 Å². The summed E-state index contributed by atoms with van der Waals surface area (Å²) in [5.41, 5.74) is 2.80. The highest BCUT2D eigenvalue weighted by Gasteiger charge is 2.28. The van der Waals surface area contributed by atoms with Gasteiger partial charge in [0, 0.05) is 5.69 Å². The lowest BCUT2D eigenvalue weighted by Gasteiger charge is -2.22. The van der Waals surface area contributed by atoms with Crippen molar-refractivity contribution in [1.82, 2.24) is 9.78 Å². The fourth-order valence-electron chi connectivity index (χ4n) is 2.79. The molecular formula is C20H26N2O4. The molecule has 0 aliphatic carbocycles. The van der Waals surface area contributed by atoms with Gasteiger partial charge in [0.15, 0.2) is 0 Å². The van der Waals surface area contributed by atoms with Crippen molar-refractivity contribution >= 4 is 11.9 Å². The van der Waals surface area contributed by atoms with Gasteiger partial charge in [0.1, 0.15) is 5.60 Å². The Hall–Kier alpha value is -2.63. The number of esters is 2. The minimum atomic E-state index is -0.730. The van der Waals surface area contributed by atoms with Gasteiger partial charge >= 0.3 is 11.9 Å². The molecule has 2 rings (SSSR count). The zero-order valence-electron chi connectivity index (χ0n) is 16.2. The number of rotatable bonds is 5. The Morgan fingerprint density at radius 1 is 1.19 bits per heavy atom. The first-order chi connectivity index (χ1) is 12.1. The van der Waals surface area contributed by atoms with E-state index in [9.17, 15) is 9.59 Å². The number of ether oxygens (including phenoxy) is 2. The van der Waals surface area contributed by atoms with E-state index >= 15 is 0 Å². The summed E-state index contributed by atoms with van der Waals surface area (Å²) in [6.45, 7) is 9.27. The molecular weight excluding hydrogens is 332 g/mol. The van der Waals surface area contributed by atoms with Gasteiger partial charge < -0.3 is 9.47 Å². The first-order valence-corrected chi connectivity index (χ1v) is 8.54. The van der Waals surface area contributed by atoms with Crippen LogP contribution >= 0.6 is 0 Å². The van der Waals surface area contributed by atoms with Gasteiger partial charge in [-0.3, -0.25) is 9.59 Å². The smallest absolute Gasteiger partial charge is 0.313 e. The molecule has 26 heavy (non-hydrogen) atoms. The Labute approximate surface area is 154 Å². The van der Waals surface area contributed by atoms with Crippen LogP contribution in [0.1, 0.15) is 50.1 Å². The van der Waals surface area contributed by atoms with Crippen LogP contribution < -0.4 is 0 Å². The average molecular weight is 358 g/mol. The van der Waals surface area contributed by atoms with Crippen molar-refractivity contribution in [3.8, 4) is 5.69 Å². The third kappa shape index (κ3) is 4.94. The standard InChI is InChI=1S/C20H26N2O4/c1-13-10-14(2)22(21-13)16-9-7-8-15(11-16)17(19(24)25-6)12-18(23)26-20(3,4)5/h7-11,17H,12H2,1-6H3. The average Bonchev–Trinajstić information content (AvgIpc) is 2.89. The predicted octanol–water partition coefficient (Wildman–Crippen LogP) is 3.48. The Morgan fingerprint density at radius 3 is 2.42 bits per heavy atom. The molecule has 0 bridgehead atoms. The van der Waals surface area contributed by atoms with Crippen molar-refractivity contribution in [2.75, 3.05) is 7.11 Å². The van der Waals surface area contributed by atoms with Gasteiger partial charge in [0.25, 0.3) is 0 Å². The van der Waals surface area contributed by atoms with E-state index in [0.29, 0.717) is 5.56 Å². The van der Waals surface area contributed by atoms with E-state index in [1.807, 2.05) is 38.1 Å². The maximum absolute atomic E-state index is 12.3. The fraction of sp³-hybridized carbons (Fsp3) is 0.450.